The Hall–Kier alpha value is -2.14. The van der Waals surface area contributed by atoms with E-state index in [-0.39, 0.29) is 17.4 Å². The molecule has 1 aliphatic carbocycles. The van der Waals surface area contributed by atoms with Crippen LogP contribution in [0, 0.1) is 0 Å². The monoisotopic (exact) mass is 339 g/mol. The van der Waals surface area contributed by atoms with E-state index < -0.39 is 0 Å². The van der Waals surface area contributed by atoms with Crippen molar-refractivity contribution >= 4 is 16.8 Å². The third kappa shape index (κ3) is 3.33. The zero-order valence-corrected chi connectivity index (χ0v) is 14.5. The Morgan fingerprint density at radius 3 is 2.84 bits per heavy atom. The van der Waals surface area contributed by atoms with E-state index in [1.807, 2.05) is 18.2 Å². The number of aromatic amines is 1. The van der Waals surface area contributed by atoms with Gasteiger partial charge in [0.1, 0.15) is 0 Å². The summed E-state index contributed by atoms with van der Waals surface area (Å²) >= 11 is 0. The van der Waals surface area contributed by atoms with E-state index in [0.29, 0.717) is 18.0 Å². The molecule has 2 fully saturated rings. The van der Waals surface area contributed by atoms with Crippen LogP contribution in [0.25, 0.3) is 10.9 Å². The highest BCUT2D eigenvalue weighted by atomic mass is 16.2. The minimum absolute atomic E-state index is 0.0162. The van der Waals surface area contributed by atoms with Gasteiger partial charge in [-0.2, -0.15) is 0 Å². The first kappa shape index (κ1) is 16.3. The lowest BCUT2D eigenvalue weighted by molar-refractivity contribution is -0.126. The number of nitrogens with one attached hydrogen (secondary N) is 2. The fourth-order valence-corrected chi connectivity index (χ4v) is 4.38. The van der Waals surface area contributed by atoms with E-state index in [4.69, 9.17) is 0 Å². The van der Waals surface area contributed by atoms with Crippen molar-refractivity contribution in [2.45, 2.75) is 57.2 Å². The van der Waals surface area contributed by atoms with Crippen LogP contribution in [0.4, 0.5) is 0 Å². The first-order valence-electron chi connectivity index (χ1n) is 9.36. The quantitative estimate of drug-likeness (QED) is 0.900. The lowest BCUT2D eigenvalue weighted by atomic mass is 10.1. The standard InChI is InChI=1S/C20H25N3O2/c24-19-9-10-21-17-12-14(7-8-16(17)19)13-22-20(25)18-6-3-11-23(18)15-4-1-2-5-15/h7-10,12,15,18H,1-6,11,13H2,(H,21,24)(H,22,25)/t18-/m0/s1. The van der Waals surface area contributed by atoms with Gasteiger partial charge in [-0.25, -0.2) is 0 Å². The van der Waals surface area contributed by atoms with Crippen molar-refractivity contribution in [1.82, 2.24) is 15.2 Å². The molecule has 0 bridgehead atoms. The fourth-order valence-electron chi connectivity index (χ4n) is 4.38. The highest BCUT2D eigenvalue weighted by molar-refractivity contribution is 5.82. The number of H-pyrrole nitrogens is 1. The molecule has 1 saturated heterocycles. The maximum Gasteiger partial charge on any atom is 0.237 e. The van der Waals surface area contributed by atoms with Crippen LogP contribution in [-0.4, -0.2) is 34.4 Å². The average Bonchev–Trinajstić information content (AvgIpc) is 3.30. The third-order valence-electron chi connectivity index (χ3n) is 5.68. The lowest BCUT2D eigenvalue weighted by Gasteiger charge is -2.29. The minimum atomic E-state index is 0.0162. The Morgan fingerprint density at radius 2 is 2.00 bits per heavy atom. The number of carbonyl (C=O) groups excluding carboxylic acids is 1. The van der Waals surface area contributed by atoms with Gasteiger partial charge in [-0.1, -0.05) is 18.9 Å². The predicted octanol–water partition coefficient (Wildman–Crippen LogP) is 2.55. The molecule has 5 nitrogen and oxygen atoms in total. The van der Waals surface area contributed by atoms with Gasteiger partial charge >= 0.3 is 0 Å². The summed E-state index contributed by atoms with van der Waals surface area (Å²) < 4.78 is 0. The fraction of sp³-hybridized carbons (Fsp3) is 0.500. The molecule has 1 aromatic heterocycles. The molecule has 1 atom stereocenters. The second-order valence-corrected chi connectivity index (χ2v) is 7.27. The molecule has 0 spiro atoms. The van der Waals surface area contributed by atoms with Gasteiger partial charge in [-0.15, -0.1) is 0 Å². The van der Waals surface area contributed by atoms with Gasteiger partial charge < -0.3 is 10.3 Å². The molecular formula is C20H25N3O2. The van der Waals surface area contributed by atoms with Crippen molar-refractivity contribution in [3.8, 4) is 0 Å². The number of nitrogens with zero attached hydrogens (tertiary/aromatic N) is 1. The van der Waals surface area contributed by atoms with Gasteiger partial charge in [0.2, 0.25) is 5.91 Å². The number of hydrogen-bond donors (Lipinski definition) is 2. The highest BCUT2D eigenvalue weighted by Crippen LogP contribution is 2.30. The predicted molar refractivity (Wildman–Crippen MR) is 98.4 cm³/mol. The number of rotatable bonds is 4. The first-order valence-corrected chi connectivity index (χ1v) is 9.36. The van der Waals surface area contributed by atoms with Crippen LogP contribution in [0.15, 0.2) is 35.3 Å². The van der Waals surface area contributed by atoms with Crippen LogP contribution >= 0.6 is 0 Å². The summed E-state index contributed by atoms with van der Waals surface area (Å²) in [5, 5.41) is 3.78. The van der Waals surface area contributed by atoms with E-state index in [9.17, 15) is 9.59 Å². The number of likely N-dealkylation sites (tertiary alicyclic amines) is 1. The van der Waals surface area contributed by atoms with Crippen LogP contribution < -0.4 is 10.7 Å². The first-order chi connectivity index (χ1) is 12.2. The van der Waals surface area contributed by atoms with Crippen molar-refractivity contribution in [2.24, 2.45) is 0 Å². The summed E-state index contributed by atoms with van der Waals surface area (Å²) in [6, 6.07) is 7.85. The van der Waals surface area contributed by atoms with Gasteiger partial charge in [0.05, 0.1) is 6.04 Å². The molecule has 0 radical (unpaired) electrons. The second kappa shape index (κ2) is 7.00. The third-order valence-corrected chi connectivity index (χ3v) is 5.68. The van der Waals surface area contributed by atoms with E-state index in [0.717, 1.165) is 30.5 Å². The molecule has 2 N–H and O–H groups in total. The average molecular weight is 339 g/mol. The van der Waals surface area contributed by atoms with Crippen LogP contribution in [-0.2, 0) is 11.3 Å². The molecule has 2 aromatic rings. The smallest absolute Gasteiger partial charge is 0.237 e. The van der Waals surface area contributed by atoms with Gasteiger partial charge in [-0.3, -0.25) is 14.5 Å². The SMILES string of the molecule is O=C(NCc1ccc2c(=O)cc[nH]c2c1)[C@@H]1CCCN1C1CCCC1. The minimum Gasteiger partial charge on any atom is -0.361 e. The number of hydrogen-bond acceptors (Lipinski definition) is 3. The molecule has 1 aromatic carbocycles. The molecule has 2 aliphatic rings. The summed E-state index contributed by atoms with van der Waals surface area (Å²) in [5.74, 6) is 0.144. The molecule has 0 unspecified atom stereocenters. The molecular weight excluding hydrogens is 314 g/mol. The van der Waals surface area contributed by atoms with Crippen LogP contribution in [0.3, 0.4) is 0 Å². The van der Waals surface area contributed by atoms with Crippen molar-refractivity contribution in [3.05, 3.63) is 46.2 Å². The summed E-state index contributed by atoms with van der Waals surface area (Å²) in [7, 11) is 0. The van der Waals surface area contributed by atoms with Gasteiger partial charge in [0, 0.05) is 35.8 Å². The van der Waals surface area contributed by atoms with Crippen molar-refractivity contribution in [1.29, 1.82) is 0 Å². The topological polar surface area (TPSA) is 65.2 Å². The molecule has 132 valence electrons. The van der Waals surface area contributed by atoms with Gasteiger partial charge in [-0.05, 0) is 49.9 Å². The Bertz CT molecular complexity index is 823. The molecule has 1 amide bonds. The Kier molecular flexibility index (Phi) is 4.57. The summed E-state index contributed by atoms with van der Waals surface area (Å²) in [5.41, 5.74) is 1.84. The highest BCUT2D eigenvalue weighted by Gasteiger charge is 2.36. The Balaban J connectivity index is 1.42. The molecule has 25 heavy (non-hydrogen) atoms. The maximum atomic E-state index is 12.7. The zero-order valence-electron chi connectivity index (χ0n) is 14.5. The van der Waals surface area contributed by atoms with Crippen LogP contribution in [0.5, 0.6) is 0 Å². The summed E-state index contributed by atoms with van der Waals surface area (Å²) in [6.45, 7) is 1.56. The second-order valence-electron chi connectivity index (χ2n) is 7.27. The lowest BCUT2D eigenvalue weighted by Crippen LogP contribution is -2.46. The summed E-state index contributed by atoms with van der Waals surface area (Å²) in [4.78, 5) is 30.0. The molecule has 5 heteroatoms. The van der Waals surface area contributed by atoms with Crippen molar-refractivity contribution in [2.75, 3.05) is 6.54 Å². The molecule has 1 saturated carbocycles. The summed E-state index contributed by atoms with van der Waals surface area (Å²) in [6.07, 6.45) is 8.81. The molecule has 2 heterocycles. The number of pyridine rings is 1. The van der Waals surface area contributed by atoms with E-state index in [1.165, 1.54) is 31.7 Å². The molecule has 4 rings (SSSR count). The maximum absolute atomic E-state index is 12.7. The van der Waals surface area contributed by atoms with E-state index >= 15 is 0 Å². The Labute approximate surface area is 147 Å². The number of amides is 1. The van der Waals surface area contributed by atoms with Crippen LogP contribution in [0.2, 0.25) is 0 Å². The Morgan fingerprint density at radius 1 is 1.16 bits per heavy atom. The number of carbonyl (C=O) groups is 1. The van der Waals surface area contributed by atoms with Gasteiger partial charge in [0.15, 0.2) is 5.43 Å². The van der Waals surface area contributed by atoms with E-state index in [1.54, 1.807) is 6.20 Å². The number of aromatic nitrogens is 1. The number of fused-ring (bicyclic) bond motifs is 1. The van der Waals surface area contributed by atoms with Crippen LogP contribution in [0.1, 0.15) is 44.1 Å². The number of benzene rings is 1. The van der Waals surface area contributed by atoms with E-state index in [2.05, 4.69) is 15.2 Å². The molecule has 1 aliphatic heterocycles. The van der Waals surface area contributed by atoms with Crippen molar-refractivity contribution < 1.29 is 4.79 Å². The normalized spacial score (nSPS) is 21.8. The van der Waals surface area contributed by atoms with Crippen molar-refractivity contribution in [3.63, 3.8) is 0 Å². The largest absolute Gasteiger partial charge is 0.361 e. The van der Waals surface area contributed by atoms with Gasteiger partial charge in [0.25, 0.3) is 0 Å². The zero-order chi connectivity index (χ0) is 17.2.